The Morgan fingerprint density at radius 3 is 3.00 bits per heavy atom. The van der Waals surface area contributed by atoms with E-state index in [1.165, 1.54) is 0 Å². The van der Waals surface area contributed by atoms with Gasteiger partial charge in [-0.05, 0) is 36.8 Å². The third kappa shape index (κ3) is 3.26. The first-order valence-corrected chi connectivity index (χ1v) is 8.77. The summed E-state index contributed by atoms with van der Waals surface area (Å²) in [5.41, 5.74) is 1.96. The van der Waals surface area contributed by atoms with Crippen LogP contribution in [0.4, 0.5) is 5.69 Å². The minimum atomic E-state index is -0.271. The second-order valence-electron chi connectivity index (χ2n) is 6.94. The Morgan fingerprint density at radius 1 is 1.35 bits per heavy atom. The summed E-state index contributed by atoms with van der Waals surface area (Å²) in [7, 11) is 0. The molecule has 0 radical (unpaired) electrons. The van der Waals surface area contributed by atoms with Crippen LogP contribution in [0.2, 0.25) is 0 Å². The summed E-state index contributed by atoms with van der Waals surface area (Å²) in [5, 5.41) is 12.5. The molecule has 2 aromatic rings. The third-order valence-corrected chi connectivity index (χ3v) is 5.10. The standard InChI is InChI=1S/C20H20N4O2/c21-12-15-2-1-3-17(10-15)23-18-11-20(26-13-18)6-9-24(14-20)19(25)16-4-7-22-8-5-16/h1-5,7-8,10,18,23H,6,9,11,13-14H2/t18-,20-/m0/s1. The van der Waals surface area contributed by atoms with Crippen molar-refractivity contribution in [1.82, 2.24) is 9.88 Å². The summed E-state index contributed by atoms with van der Waals surface area (Å²) in [6.45, 7) is 1.93. The van der Waals surface area contributed by atoms with Crippen LogP contribution >= 0.6 is 0 Å². The number of aromatic nitrogens is 1. The quantitative estimate of drug-likeness (QED) is 0.922. The van der Waals surface area contributed by atoms with E-state index in [-0.39, 0.29) is 17.6 Å². The maximum Gasteiger partial charge on any atom is 0.254 e. The van der Waals surface area contributed by atoms with Crippen molar-refractivity contribution in [3.8, 4) is 6.07 Å². The lowest BCUT2D eigenvalue weighted by molar-refractivity contribution is 0.0125. The molecule has 2 aliphatic heterocycles. The van der Waals surface area contributed by atoms with Crippen LogP contribution < -0.4 is 5.32 Å². The fraction of sp³-hybridized carbons (Fsp3) is 0.350. The van der Waals surface area contributed by atoms with E-state index in [1.807, 2.05) is 23.1 Å². The van der Waals surface area contributed by atoms with Crippen molar-refractivity contribution in [2.24, 2.45) is 0 Å². The van der Waals surface area contributed by atoms with Crippen molar-refractivity contribution in [3.05, 3.63) is 59.9 Å². The molecule has 1 spiro atoms. The number of hydrogen-bond donors (Lipinski definition) is 1. The van der Waals surface area contributed by atoms with Crippen LogP contribution in [0.25, 0.3) is 0 Å². The summed E-state index contributed by atoms with van der Waals surface area (Å²) < 4.78 is 6.13. The Kier molecular flexibility index (Phi) is 4.31. The molecule has 0 unspecified atom stereocenters. The fourth-order valence-corrected chi connectivity index (χ4v) is 3.83. The highest BCUT2D eigenvalue weighted by Crippen LogP contribution is 2.36. The average molecular weight is 348 g/mol. The van der Waals surface area contributed by atoms with E-state index in [0.717, 1.165) is 18.5 Å². The molecular formula is C20H20N4O2. The fourth-order valence-electron chi connectivity index (χ4n) is 3.83. The van der Waals surface area contributed by atoms with Crippen LogP contribution in [-0.2, 0) is 4.74 Å². The highest BCUT2D eigenvalue weighted by Gasteiger charge is 2.46. The van der Waals surface area contributed by atoms with Crippen molar-refractivity contribution in [2.45, 2.75) is 24.5 Å². The summed E-state index contributed by atoms with van der Waals surface area (Å²) >= 11 is 0. The molecule has 26 heavy (non-hydrogen) atoms. The zero-order valence-corrected chi connectivity index (χ0v) is 14.4. The average Bonchev–Trinajstić information content (AvgIpc) is 3.28. The van der Waals surface area contributed by atoms with Crippen LogP contribution in [0, 0.1) is 11.3 Å². The van der Waals surface area contributed by atoms with Gasteiger partial charge in [0.25, 0.3) is 5.91 Å². The largest absolute Gasteiger partial charge is 0.380 e. The predicted octanol–water partition coefficient (Wildman–Crippen LogP) is 2.44. The van der Waals surface area contributed by atoms with E-state index in [0.29, 0.717) is 30.8 Å². The lowest BCUT2D eigenvalue weighted by Gasteiger charge is -2.23. The number of nitriles is 1. The number of carbonyl (C=O) groups is 1. The van der Waals surface area contributed by atoms with E-state index in [2.05, 4.69) is 16.4 Å². The number of benzene rings is 1. The molecule has 2 aliphatic rings. The zero-order valence-electron chi connectivity index (χ0n) is 14.4. The maximum atomic E-state index is 12.6. The van der Waals surface area contributed by atoms with Gasteiger partial charge in [-0.2, -0.15) is 5.26 Å². The smallest absolute Gasteiger partial charge is 0.254 e. The Hall–Kier alpha value is -2.91. The second-order valence-corrected chi connectivity index (χ2v) is 6.94. The Labute approximate surface area is 152 Å². The molecule has 3 heterocycles. The molecule has 1 aromatic heterocycles. The Bertz CT molecular complexity index is 848. The number of nitrogens with zero attached hydrogens (tertiary/aromatic N) is 3. The number of anilines is 1. The summed E-state index contributed by atoms with van der Waals surface area (Å²) in [6.07, 6.45) is 4.98. The highest BCUT2D eigenvalue weighted by atomic mass is 16.5. The van der Waals surface area contributed by atoms with Gasteiger partial charge in [0.05, 0.1) is 36.4 Å². The van der Waals surface area contributed by atoms with Gasteiger partial charge < -0.3 is 15.0 Å². The topological polar surface area (TPSA) is 78.2 Å². The zero-order chi connectivity index (χ0) is 18.0. The molecule has 2 saturated heterocycles. The van der Waals surface area contributed by atoms with E-state index < -0.39 is 0 Å². The van der Waals surface area contributed by atoms with Crippen LogP contribution in [0.1, 0.15) is 28.8 Å². The van der Waals surface area contributed by atoms with Crippen LogP contribution in [0.15, 0.2) is 48.8 Å². The van der Waals surface area contributed by atoms with E-state index in [1.54, 1.807) is 30.6 Å². The number of ether oxygens (including phenoxy) is 1. The molecule has 0 bridgehead atoms. The van der Waals surface area contributed by atoms with Gasteiger partial charge >= 0.3 is 0 Å². The van der Waals surface area contributed by atoms with Gasteiger partial charge in [0.2, 0.25) is 0 Å². The Balaban J connectivity index is 1.39. The molecule has 0 saturated carbocycles. The Morgan fingerprint density at radius 2 is 2.19 bits per heavy atom. The minimum Gasteiger partial charge on any atom is -0.380 e. The SMILES string of the molecule is N#Cc1cccc(N[C@@H]2CO[C@@]3(CCN(C(=O)c4ccncc4)C3)C2)c1. The first kappa shape index (κ1) is 16.6. The van der Waals surface area contributed by atoms with E-state index in [9.17, 15) is 4.79 Å². The van der Waals surface area contributed by atoms with Crippen molar-refractivity contribution in [3.63, 3.8) is 0 Å². The molecule has 6 heteroatoms. The number of pyridine rings is 1. The van der Waals surface area contributed by atoms with Crippen molar-refractivity contribution < 1.29 is 9.53 Å². The van der Waals surface area contributed by atoms with Gasteiger partial charge in [0.1, 0.15) is 0 Å². The first-order valence-electron chi connectivity index (χ1n) is 8.77. The molecule has 4 rings (SSSR count). The molecule has 1 N–H and O–H groups in total. The monoisotopic (exact) mass is 348 g/mol. The van der Waals surface area contributed by atoms with Crippen molar-refractivity contribution in [2.75, 3.05) is 25.0 Å². The summed E-state index contributed by atoms with van der Waals surface area (Å²) in [6, 6.07) is 13.3. The van der Waals surface area contributed by atoms with E-state index in [4.69, 9.17) is 10.00 Å². The van der Waals surface area contributed by atoms with Gasteiger partial charge in [-0.15, -0.1) is 0 Å². The van der Waals surface area contributed by atoms with Crippen molar-refractivity contribution >= 4 is 11.6 Å². The molecule has 2 atom stereocenters. The van der Waals surface area contributed by atoms with Crippen LogP contribution in [0.3, 0.4) is 0 Å². The number of likely N-dealkylation sites (tertiary alicyclic amines) is 1. The minimum absolute atomic E-state index is 0.0333. The summed E-state index contributed by atoms with van der Waals surface area (Å²) in [4.78, 5) is 18.5. The molecule has 1 aromatic carbocycles. The number of nitrogens with one attached hydrogen (secondary N) is 1. The third-order valence-electron chi connectivity index (χ3n) is 5.10. The molecule has 132 valence electrons. The number of carbonyl (C=O) groups excluding carboxylic acids is 1. The summed E-state index contributed by atoms with van der Waals surface area (Å²) in [5.74, 6) is 0.0333. The number of rotatable bonds is 3. The van der Waals surface area contributed by atoms with Crippen LogP contribution in [-0.4, -0.2) is 47.1 Å². The normalized spacial score (nSPS) is 24.6. The first-order chi connectivity index (χ1) is 12.7. The van der Waals surface area contributed by atoms with Crippen molar-refractivity contribution in [1.29, 1.82) is 5.26 Å². The van der Waals surface area contributed by atoms with Crippen LogP contribution in [0.5, 0.6) is 0 Å². The number of amides is 1. The lowest BCUT2D eigenvalue weighted by Crippen LogP contribution is -2.36. The van der Waals surface area contributed by atoms with Gasteiger partial charge in [-0.1, -0.05) is 6.07 Å². The second kappa shape index (κ2) is 6.77. The molecule has 2 fully saturated rings. The molecule has 1 amide bonds. The van der Waals surface area contributed by atoms with E-state index >= 15 is 0 Å². The van der Waals surface area contributed by atoms with Gasteiger partial charge in [-0.25, -0.2) is 0 Å². The number of hydrogen-bond acceptors (Lipinski definition) is 5. The predicted molar refractivity (Wildman–Crippen MR) is 96.6 cm³/mol. The van der Waals surface area contributed by atoms with Gasteiger partial charge in [-0.3, -0.25) is 9.78 Å². The molecule has 6 nitrogen and oxygen atoms in total. The van der Waals surface area contributed by atoms with Gasteiger partial charge in [0.15, 0.2) is 0 Å². The maximum absolute atomic E-state index is 12.6. The lowest BCUT2D eigenvalue weighted by atomic mass is 9.97. The molecule has 0 aliphatic carbocycles. The molecular weight excluding hydrogens is 328 g/mol. The van der Waals surface area contributed by atoms with Gasteiger partial charge in [0, 0.05) is 36.6 Å². The highest BCUT2D eigenvalue weighted by molar-refractivity contribution is 5.94.